The average molecular weight is 354 g/mol. The molecule has 25 heavy (non-hydrogen) atoms. The second-order valence-electron chi connectivity index (χ2n) is 6.90. The molecule has 0 saturated carbocycles. The van der Waals surface area contributed by atoms with Crippen LogP contribution in [0.1, 0.15) is 55.0 Å². The smallest absolute Gasteiger partial charge is 0.233 e. The van der Waals surface area contributed by atoms with Gasteiger partial charge >= 0.3 is 0 Å². The van der Waals surface area contributed by atoms with E-state index in [9.17, 15) is 4.79 Å². The Kier molecular flexibility index (Phi) is 6.19. The Morgan fingerprint density at radius 1 is 1.04 bits per heavy atom. The van der Waals surface area contributed by atoms with Crippen LogP contribution in [0.2, 0.25) is 0 Å². The van der Waals surface area contributed by atoms with Crippen molar-refractivity contribution in [2.45, 2.75) is 56.6 Å². The molecule has 1 N–H and O–H groups in total. The SMILES string of the molecule is C[C@H](SCc1ccccc1)C(=O)N[C@H](C)c1ccc2c(c1)CCCC2. The van der Waals surface area contributed by atoms with E-state index < -0.39 is 0 Å². The Morgan fingerprint density at radius 2 is 1.76 bits per heavy atom. The molecule has 0 unspecified atom stereocenters. The van der Waals surface area contributed by atoms with Gasteiger partial charge in [0.1, 0.15) is 0 Å². The van der Waals surface area contributed by atoms with Gasteiger partial charge in [-0.3, -0.25) is 4.79 Å². The zero-order chi connectivity index (χ0) is 17.6. The van der Waals surface area contributed by atoms with Crippen molar-refractivity contribution in [3.63, 3.8) is 0 Å². The summed E-state index contributed by atoms with van der Waals surface area (Å²) >= 11 is 1.69. The van der Waals surface area contributed by atoms with E-state index in [0.29, 0.717) is 0 Å². The summed E-state index contributed by atoms with van der Waals surface area (Å²) in [5.41, 5.74) is 5.43. The standard InChI is InChI=1S/C22H27NOS/c1-16(20-13-12-19-10-6-7-11-21(19)14-20)23-22(24)17(2)25-15-18-8-4-3-5-9-18/h3-5,8-9,12-14,16-17H,6-7,10-11,15H2,1-2H3,(H,23,24)/t16-,17+/m1/s1. The van der Waals surface area contributed by atoms with Gasteiger partial charge in [0, 0.05) is 5.75 Å². The number of carbonyl (C=O) groups excluding carboxylic acids is 1. The van der Waals surface area contributed by atoms with Gasteiger partial charge < -0.3 is 5.32 Å². The van der Waals surface area contributed by atoms with Gasteiger partial charge in [-0.2, -0.15) is 0 Å². The topological polar surface area (TPSA) is 29.1 Å². The van der Waals surface area contributed by atoms with Crippen LogP contribution in [-0.4, -0.2) is 11.2 Å². The molecule has 0 aliphatic heterocycles. The van der Waals surface area contributed by atoms with E-state index >= 15 is 0 Å². The van der Waals surface area contributed by atoms with Crippen molar-refractivity contribution in [2.75, 3.05) is 0 Å². The van der Waals surface area contributed by atoms with Crippen LogP contribution in [0.5, 0.6) is 0 Å². The molecule has 2 aromatic carbocycles. The lowest BCUT2D eigenvalue weighted by atomic mass is 9.89. The van der Waals surface area contributed by atoms with Gasteiger partial charge in [-0.15, -0.1) is 11.8 Å². The molecule has 1 aliphatic rings. The largest absolute Gasteiger partial charge is 0.349 e. The fraction of sp³-hybridized carbons (Fsp3) is 0.409. The Hall–Kier alpha value is -1.74. The maximum Gasteiger partial charge on any atom is 0.233 e. The van der Waals surface area contributed by atoms with Crippen LogP contribution in [-0.2, 0) is 23.4 Å². The summed E-state index contributed by atoms with van der Waals surface area (Å²) in [4.78, 5) is 12.5. The molecule has 0 heterocycles. The van der Waals surface area contributed by atoms with E-state index in [2.05, 4.69) is 42.6 Å². The maximum absolute atomic E-state index is 12.5. The van der Waals surface area contributed by atoms with Crippen LogP contribution in [0.25, 0.3) is 0 Å². The number of hydrogen-bond donors (Lipinski definition) is 1. The summed E-state index contributed by atoms with van der Waals surface area (Å²) < 4.78 is 0. The molecule has 1 aliphatic carbocycles. The van der Waals surface area contributed by atoms with E-state index in [-0.39, 0.29) is 17.2 Å². The van der Waals surface area contributed by atoms with E-state index in [4.69, 9.17) is 0 Å². The lowest BCUT2D eigenvalue weighted by Gasteiger charge is -2.21. The molecule has 0 aromatic heterocycles. The number of aryl methyl sites for hydroxylation is 2. The van der Waals surface area contributed by atoms with Gasteiger partial charge in [0.2, 0.25) is 5.91 Å². The highest BCUT2D eigenvalue weighted by molar-refractivity contribution is 7.99. The Balaban J connectivity index is 1.54. The summed E-state index contributed by atoms with van der Waals surface area (Å²) in [6, 6.07) is 17.1. The first kappa shape index (κ1) is 18.1. The maximum atomic E-state index is 12.5. The molecule has 1 amide bonds. The second-order valence-corrected chi connectivity index (χ2v) is 8.23. The zero-order valence-corrected chi connectivity index (χ0v) is 15.9. The summed E-state index contributed by atoms with van der Waals surface area (Å²) in [6.07, 6.45) is 4.95. The van der Waals surface area contributed by atoms with Gasteiger partial charge in [-0.1, -0.05) is 48.5 Å². The van der Waals surface area contributed by atoms with E-state index in [1.807, 2.05) is 25.1 Å². The normalized spacial score (nSPS) is 15.9. The molecule has 0 radical (unpaired) electrons. The van der Waals surface area contributed by atoms with Crippen LogP contribution >= 0.6 is 11.8 Å². The van der Waals surface area contributed by atoms with Crippen molar-refractivity contribution >= 4 is 17.7 Å². The molecular weight excluding hydrogens is 326 g/mol. The molecule has 3 heteroatoms. The molecule has 3 rings (SSSR count). The highest BCUT2D eigenvalue weighted by atomic mass is 32.2. The number of benzene rings is 2. The van der Waals surface area contributed by atoms with E-state index in [1.54, 1.807) is 11.8 Å². The number of fused-ring (bicyclic) bond motifs is 1. The Morgan fingerprint density at radius 3 is 2.52 bits per heavy atom. The molecule has 0 spiro atoms. The first-order valence-corrected chi connectivity index (χ1v) is 10.3. The monoisotopic (exact) mass is 353 g/mol. The van der Waals surface area contributed by atoms with E-state index in [0.717, 1.165) is 5.75 Å². The summed E-state index contributed by atoms with van der Waals surface area (Å²) in [5.74, 6) is 0.981. The predicted octanol–water partition coefficient (Wildman–Crippen LogP) is 5.06. The first-order chi connectivity index (χ1) is 12.1. The van der Waals surface area contributed by atoms with Gasteiger partial charge in [-0.25, -0.2) is 0 Å². The summed E-state index contributed by atoms with van der Waals surface area (Å²) in [5, 5.41) is 3.12. The molecule has 2 aromatic rings. The molecule has 0 bridgehead atoms. The minimum Gasteiger partial charge on any atom is -0.349 e. The van der Waals surface area contributed by atoms with Crippen LogP contribution in [0.4, 0.5) is 0 Å². The van der Waals surface area contributed by atoms with Crippen molar-refractivity contribution in [2.24, 2.45) is 0 Å². The quantitative estimate of drug-likeness (QED) is 0.786. The number of rotatable bonds is 6. The zero-order valence-electron chi connectivity index (χ0n) is 15.1. The molecule has 132 valence electrons. The number of hydrogen-bond acceptors (Lipinski definition) is 2. The van der Waals surface area contributed by atoms with Crippen molar-refractivity contribution in [3.8, 4) is 0 Å². The summed E-state index contributed by atoms with van der Waals surface area (Å²) in [7, 11) is 0. The van der Waals surface area contributed by atoms with Gasteiger partial charge in [-0.05, 0) is 61.8 Å². The Bertz CT molecular complexity index is 713. The molecule has 2 nitrogen and oxygen atoms in total. The first-order valence-electron chi connectivity index (χ1n) is 9.21. The minimum atomic E-state index is -0.0553. The van der Waals surface area contributed by atoms with Gasteiger partial charge in [0.05, 0.1) is 11.3 Å². The highest BCUT2D eigenvalue weighted by Gasteiger charge is 2.18. The number of carbonyl (C=O) groups is 1. The van der Waals surface area contributed by atoms with Crippen molar-refractivity contribution in [1.29, 1.82) is 0 Å². The third-order valence-electron chi connectivity index (χ3n) is 4.94. The van der Waals surface area contributed by atoms with Crippen molar-refractivity contribution in [1.82, 2.24) is 5.32 Å². The lowest BCUT2D eigenvalue weighted by Crippen LogP contribution is -2.33. The lowest BCUT2D eigenvalue weighted by molar-refractivity contribution is -0.120. The fourth-order valence-corrected chi connectivity index (χ4v) is 4.16. The predicted molar refractivity (Wildman–Crippen MR) is 107 cm³/mol. The fourth-order valence-electron chi connectivity index (χ4n) is 3.31. The van der Waals surface area contributed by atoms with Gasteiger partial charge in [0.25, 0.3) is 0 Å². The average Bonchev–Trinajstić information content (AvgIpc) is 2.66. The molecule has 0 fully saturated rings. The van der Waals surface area contributed by atoms with E-state index in [1.165, 1.54) is 47.9 Å². The van der Waals surface area contributed by atoms with Crippen LogP contribution in [0.15, 0.2) is 48.5 Å². The minimum absolute atomic E-state index is 0.0551. The van der Waals surface area contributed by atoms with Gasteiger partial charge in [0.15, 0.2) is 0 Å². The molecule has 2 atom stereocenters. The number of nitrogens with one attached hydrogen (secondary N) is 1. The van der Waals surface area contributed by atoms with Crippen LogP contribution in [0.3, 0.4) is 0 Å². The Labute approximate surface area is 155 Å². The number of amides is 1. The molecular formula is C22H27NOS. The third-order valence-corrected chi connectivity index (χ3v) is 6.16. The van der Waals surface area contributed by atoms with Crippen LogP contribution < -0.4 is 5.32 Å². The molecule has 0 saturated heterocycles. The third kappa shape index (κ3) is 4.88. The second kappa shape index (κ2) is 8.57. The van der Waals surface area contributed by atoms with Crippen LogP contribution in [0, 0.1) is 0 Å². The van der Waals surface area contributed by atoms with Crippen molar-refractivity contribution in [3.05, 3.63) is 70.8 Å². The van der Waals surface area contributed by atoms with Crippen molar-refractivity contribution < 1.29 is 4.79 Å². The summed E-state index contributed by atoms with van der Waals surface area (Å²) in [6.45, 7) is 4.07. The highest BCUT2D eigenvalue weighted by Crippen LogP contribution is 2.25. The number of thioether (sulfide) groups is 1.